The Balaban J connectivity index is 1.43. The maximum Gasteiger partial charge on any atom is 0.126 e. The third-order valence-electron chi connectivity index (χ3n) is 7.91. The summed E-state index contributed by atoms with van der Waals surface area (Å²) in [5.74, 6) is -2.44. The largest absolute Gasteiger partial charge is 0.310 e. The van der Waals surface area contributed by atoms with Crippen LogP contribution in [0.2, 0.25) is 0 Å². The number of nitrogens with zero attached hydrogens (tertiary/aromatic N) is 1. The Bertz CT molecular complexity index is 2170. The topological polar surface area (TPSA) is 3.24 Å². The molecule has 0 amide bonds. The number of anilines is 3. The molecule has 1 nitrogen and oxygen atoms in total. The lowest BCUT2D eigenvalue weighted by Gasteiger charge is -2.27. The van der Waals surface area contributed by atoms with Crippen LogP contribution in [-0.2, 0) is 0 Å². The van der Waals surface area contributed by atoms with E-state index in [1.807, 2.05) is 47.4 Å². The van der Waals surface area contributed by atoms with Crippen LogP contribution in [0.1, 0.15) is 0 Å². The normalized spacial score (nSPS) is 11.2. The van der Waals surface area contributed by atoms with Crippen molar-refractivity contribution in [3.8, 4) is 33.4 Å². The van der Waals surface area contributed by atoms with Gasteiger partial charge in [0.1, 0.15) is 29.1 Å². The third-order valence-corrected chi connectivity index (χ3v) is 7.91. The molecule has 6 heteroatoms. The van der Waals surface area contributed by atoms with Crippen molar-refractivity contribution in [2.24, 2.45) is 0 Å². The third kappa shape index (κ3) is 5.85. The van der Waals surface area contributed by atoms with Crippen molar-refractivity contribution < 1.29 is 22.0 Å². The van der Waals surface area contributed by atoms with Crippen LogP contribution in [0.25, 0.3) is 44.2 Å². The minimum absolute atomic E-state index is 0.333. The molecular formula is C40H24F5N. The summed E-state index contributed by atoms with van der Waals surface area (Å²) < 4.78 is 70.0. The lowest BCUT2D eigenvalue weighted by atomic mass is 9.92. The van der Waals surface area contributed by atoms with Gasteiger partial charge < -0.3 is 4.90 Å². The van der Waals surface area contributed by atoms with Crippen molar-refractivity contribution in [2.75, 3.05) is 4.90 Å². The predicted octanol–water partition coefficient (Wildman–Crippen LogP) is 12.0. The molecule has 0 aromatic heterocycles. The van der Waals surface area contributed by atoms with Crippen molar-refractivity contribution in [2.45, 2.75) is 0 Å². The number of halogens is 5. The molecule has 7 aromatic carbocycles. The van der Waals surface area contributed by atoms with Gasteiger partial charge in [-0.1, -0.05) is 42.5 Å². The van der Waals surface area contributed by atoms with Gasteiger partial charge in [0, 0.05) is 23.1 Å². The van der Waals surface area contributed by atoms with E-state index in [4.69, 9.17) is 0 Å². The summed E-state index contributed by atoms with van der Waals surface area (Å²) in [5.41, 5.74) is 6.37. The zero-order chi connectivity index (χ0) is 31.8. The van der Waals surface area contributed by atoms with Gasteiger partial charge in [0.15, 0.2) is 0 Å². The van der Waals surface area contributed by atoms with Crippen molar-refractivity contribution >= 4 is 27.8 Å². The first-order valence-corrected chi connectivity index (χ1v) is 14.5. The van der Waals surface area contributed by atoms with Gasteiger partial charge in [0.25, 0.3) is 0 Å². The summed E-state index contributed by atoms with van der Waals surface area (Å²) in [5, 5.41) is 1.76. The monoisotopic (exact) mass is 613 g/mol. The van der Waals surface area contributed by atoms with Gasteiger partial charge in [-0.05, 0) is 141 Å². The SMILES string of the molecule is Fc1ccc(-c2cc(-c3ccc(F)cc3)c3cc(N(c4ccc(F)cc4)c4cccc(-c5cc(F)cc(F)c5)c4)ccc3c2)cc1. The number of hydrogen-bond donors (Lipinski definition) is 0. The Kier molecular flexibility index (Phi) is 7.55. The van der Waals surface area contributed by atoms with Gasteiger partial charge in [-0.2, -0.15) is 0 Å². The maximum absolute atomic E-state index is 14.1. The summed E-state index contributed by atoms with van der Waals surface area (Å²) in [6.45, 7) is 0. The molecule has 224 valence electrons. The van der Waals surface area contributed by atoms with E-state index in [9.17, 15) is 22.0 Å². The summed E-state index contributed by atoms with van der Waals surface area (Å²) in [4.78, 5) is 1.93. The van der Waals surface area contributed by atoms with E-state index >= 15 is 0 Å². The first-order valence-electron chi connectivity index (χ1n) is 14.5. The molecule has 0 heterocycles. The van der Waals surface area contributed by atoms with Gasteiger partial charge >= 0.3 is 0 Å². The average Bonchev–Trinajstić information content (AvgIpc) is 3.06. The smallest absolute Gasteiger partial charge is 0.126 e. The highest BCUT2D eigenvalue weighted by molar-refractivity contribution is 6.02. The molecule has 0 aliphatic rings. The van der Waals surface area contributed by atoms with Crippen LogP contribution in [0, 0.1) is 29.1 Å². The molecule has 0 radical (unpaired) electrons. The molecule has 0 atom stereocenters. The van der Waals surface area contributed by atoms with Crippen LogP contribution in [0.15, 0.2) is 146 Å². The van der Waals surface area contributed by atoms with E-state index < -0.39 is 17.5 Å². The zero-order valence-electron chi connectivity index (χ0n) is 24.2. The second-order valence-electron chi connectivity index (χ2n) is 11.0. The fourth-order valence-electron chi connectivity index (χ4n) is 5.74. The highest BCUT2D eigenvalue weighted by Crippen LogP contribution is 2.41. The summed E-state index contributed by atoms with van der Waals surface area (Å²) in [7, 11) is 0. The van der Waals surface area contributed by atoms with Gasteiger partial charge in [-0.25, -0.2) is 22.0 Å². The number of benzene rings is 7. The van der Waals surface area contributed by atoms with Gasteiger partial charge in [-0.3, -0.25) is 0 Å². The lowest BCUT2D eigenvalue weighted by Crippen LogP contribution is -2.10. The minimum atomic E-state index is -0.682. The zero-order valence-corrected chi connectivity index (χ0v) is 24.2. The summed E-state index contributed by atoms with van der Waals surface area (Å²) in [6, 6.07) is 39.1. The molecule has 0 aliphatic heterocycles. The first-order chi connectivity index (χ1) is 22.3. The number of hydrogen-bond acceptors (Lipinski definition) is 1. The second kappa shape index (κ2) is 12.0. The molecule has 0 spiro atoms. The number of rotatable bonds is 6. The predicted molar refractivity (Wildman–Crippen MR) is 175 cm³/mol. The molecule has 0 saturated carbocycles. The van der Waals surface area contributed by atoms with E-state index in [-0.39, 0.29) is 11.6 Å². The quantitative estimate of drug-likeness (QED) is 0.169. The van der Waals surface area contributed by atoms with Crippen molar-refractivity contribution in [1.82, 2.24) is 0 Å². The fourth-order valence-corrected chi connectivity index (χ4v) is 5.74. The van der Waals surface area contributed by atoms with E-state index in [0.29, 0.717) is 22.5 Å². The van der Waals surface area contributed by atoms with Crippen LogP contribution in [0.4, 0.5) is 39.0 Å². The van der Waals surface area contributed by atoms with Crippen LogP contribution in [-0.4, -0.2) is 0 Å². The van der Waals surface area contributed by atoms with Gasteiger partial charge in [-0.15, -0.1) is 0 Å². The Labute approximate surface area is 262 Å². The van der Waals surface area contributed by atoms with Crippen LogP contribution in [0.5, 0.6) is 0 Å². The van der Waals surface area contributed by atoms with Crippen LogP contribution in [0.3, 0.4) is 0 Å². The van der Waals surface area contributed by atoms with Crippen molar-refractivity contribution in [3.05, 3.63) is 175 Å². The van der Waals surface area contributed by atoms with E-state index in [1.165, 1.54) is 48.5 Å². The average molecular weight is 614 g/mol. The molecule has 0 unspecified atom stereocenters. The Morgan fingerprint density at radius 2 is 0.870 bits per heavy atom. The number of fused-ring (bicyclic) bond motifs is 1. The van der Waals surface area contributed by atoms with Gasteiger partial charge in [0.2, 0.25) is 0 Å². The highest BCUT2D eigenvalue weighted by atomic mass is 19.1. The molecule has 7 aromatic rings. The highest BCUT2D eigenvalue weighted by Gasteiger charge is 2.17. The standard InChI is InChI=1S/C40H24F5N/c41-31-9-4-25(5-10-31)29-18-28-8-15-38(24-40(28)39(22-29)26-6-11-32(42)12-7-26)46(36-16-13-33(43)14-17-36)37-3-1-2-27(21-37)30-19-34(44)23-35(45)20-30/h1-24H. The molecule has 7 rings (SSSR count). The van der Waals surface area contributed by atoms with Crippen LogP contribution >= 0.6 is 0 Å². The summed E-state index contributed by atoms with van der Waals surface area (Å²) >= 11 is 0. The Morgan fingerprint density at radius 1 is 0.326 bits per heavy atom. The van der Waals surface area contributed by atoms with Crippen LogP contribution < -0.4 is 4.90 Å². The molecule has 0 fully saturated rings. The lowest BCUT2D eigenvalue weighted by molar-refractivity contribution is 0.584. The van der Waals surface area contributed by atoms with Gasteiger partial charge in [0.05, 0.1) is 0 Å². The van der Waals surface area contributed by atoms with E-state index in [0.717, 1.165) is 44.8 Å². The van der Waals surface area contributed by atoms with E-state index in [1.54, 1.807) is 48.5 Å². The first kappa shape index (κ1) is 29.0. The minimum Gasteiger partial charge on any atom is -0.310 e. The van der Waals surface area contributed by atoms with E-state index in [2.05, 4.69) is 0 Å². The molecular weight excluding hydrogens is 589 g/mol. The molecule has 0 bridgehead atoms. The second-order valence-corrected chi connectivity index (χ2v) is 11.0. The Morgan fingerprint density at radius 3 is 1.52 bits per heavy atom. The summed E-state index contributed by atoms with van der Waals surface area (Å²) in [6.07, 6.45) is 0. The van der Waals surface area contributed by atoms with Crippen molar-refractivity contribution in [3.63, 3.8) is 0 Å². The Hall–Kier alpha value is -5.75. The maximum atomic E-state index is 14.1. The fraction of sp³-hybridized carbons (Fsp3) is 0. The molecule has 46 heavy (non-hydrogen) atoms. The van der Waals surface area contributed by atoms with Crippen molar-refractivity contribution in [1.29, 1.82) is 0 Å². The molecule has 0 saturated heterocycles. The molecule has 0 aliphatic carbocycles. The molecule has 0 N–H and O–H groups in total.